The molecule has 1 amide bonds. The summed E-state index contributed by atoms with van der Waals surface area (Å²) < 4.78 is 8.22. The molecule has 10 heteroatoms. The molecule has 0 spiro atoms. The van der Waals surface area contributed by atoms with Crippen molar-refractivity contribution in [2.75, 3.05) is 12.4 Å². The minimum atomic E-state index is -0.352. The quantitative estimate of drug-likeness (QED) is 0.565. The van der Waals surface area contributed by atoms with Crippen LogP contribution >= 0.6 is 0 Å². The highest BCUT2D eigenvalue weighted by atomic mass is 16.5. The second-order valence-corrected chi connectivity index (χ2v) is 5.96. The zero-order valence-electron chi connectivity index (χ0n) is 15.1. The zero-order chi connectivity index (χ0) is 19.5. The van der Waals surface area contributed by atoms with E-state index in [-0.39, 0.29) is 11.6 Å². The van der Waals surface area contributed by atoms with E-state index in [0.29, 0.717) is 5.69 Å². The highest BCUT2D eigenvalue weighted by molar-refractivity contribution is 6.02. The van der Waals surface area contributed by atoms with Gasteiger partial charge in [-0.3, -0.25) is 4.79 Å². The van der Waals surface area contributed by atoms with Crippen LogP contribution in [-0.4, -0.2) is 48.2 Å². The molecule has 10 nitrogen and oxygen atoms in total. The third-order valence-electron chi connectivity index (χ3n) is 4.11. The molecule has 140 valence electrons. The first kappa shape index (κ1) is 17.3. The fraction of sp³-hybridized carbons (Fsp3) is 0.111. The summed E-state index contributed by atoms with van der Waals surface area (Å²) in [5.74, 6) is 0.386. The lowest BCUT2D eigenvalue weighted by atomic mass is 10.1. The van der Waals surface area contributed by atoms with E-state index in [1.54, 1.807) is 24.1 Å². The average molecular weight is 376 g/mol. The molecule has 0 radical (unpaired) electrons. The molecule has 0 saturated carbocycles. The molecule has 2 aromatic carbocycles. The van der Waals surface area contributed by atoms with Crippen LogP contribution in [0.1, 0.15) is 16.1 Å². The smallest absolute Gasteiger partial charge is 0.277 e. The van der Waals surface area contributed by atoms with Crippen molar-refractivity contribution in [3.05, 3.63) is 66.2 Å². The Balaban J connectivity index is 1.49. The molecule has 0 atom stereocenters. The number of hydrogen-bond acceptors (Lipinski definition) is 7. The van der Waals surface area contributed by atoms with Gasteiger partial charge in [0.15, 0.2) is 5.69 Å². The number of carbonyl (C=O) groups excluding carboxylic acids is 1. The van der Waals surface area contributed by atoms with Crippen LogP contribution in [0.2, 0.25) is 0 Å². The lowest BCUT2D eigenvalue weighted by Crippen LogP contribution is -2.13. The van der Waals surface area contributed by atoms with Crippen LogP contribution < -0.4 is 10.1 Å². The number of amides is 1. The number of carbonyl (C=O) groups is 1. The van der Waals surface area contributed by atoms with Crippen molar-refractivity contribution in [1.29, 1.82) is 0 Å². The van der Waals surface area contributed by atoms with Gasteiger partial charge in [0.05, 0.1) is 24.7 Å². The number of ether oxygens (including phenoxy) is 1. The van der Waals surface area contributed by atoms with Crippen molar-refractivity contribution >= 4 is 11.6 Å². The second kappa shape index (κ2) is 7.27. The predicted octanol–water partition coefficient (Wildman–Crippen LogP) is 1.81. The minimum Gasteiger partial charge on any atom is -0.497 e. The van der Waals surface area contributed by atoms with Gasteiger partial charge in [0.25, 0.3) is 5.91 Å². The fourth-order valence-corrected chi connectivity index (χ4v) is 2.69. The van der Waals surface area contributed by atoms with Gasteiger partial charge >= 0.3 is 0 Å². The lowest BCUT2D eigenvalue weighted by molar-refractivity contribution is 0.102. The summed E-state index contributed by atoms with van der Waals surface area (Å²) in [5.41, 5.74) is 3.35. The third kappa shape index (κ3) is 3.43. The fourth-order valence-electron chi connectivity index (χ4n) is 2.69. The predicted molar refractivity (Wildman–Crippen MR) is 99.8 cm³/mol. The van der Waals surface area contributed by atoms with Gasteiger partial charge in [-0.25, -0.2) is 9.36 Å². The average Bonchev–Trinajstić information content (AvgIpc) is 3.40. The maximum absolute atomic E-state index is 12.5. The minimum absolute atomic E-state index is 0.207. The topological polar surface area (TPSA) is 113 Å². The number of anilines is 1. The van der Waals surface area contributed by atoms with Gasteiger partial charge in [-0.05, 0) is 65.4 Å². The number of nitrogens with zero attached hydrogens (tertiary/aromatic N) is 7. The van der Waals surface area contributed by atoms with Crippen LogP contribution in [0.15, 0.2) is 55.0 Å². The van der Waals surface area contributed by atoms with Gasteiger partial charge in [-0.1, -0.05) is 5.21 Å². The molecule has 0 aliphatic rings. The van der Waals surface area contributed by atoms with E-state index in [9.17, 15) is 4.79 Å². The largest absolute Gasteiger partial charge is 0.497 e. The lowest BCUT2D eigenvalue weighted by Gasteiger charge is -2.08. The number of tetrazole rings is 1. The van der Waals surface area contributed by atoms with E-state index in [4.69, 9.17) is 4.74 Å². The molecule has 28 heavy (non-hydrogen) atoms. The number of hydrogen-bond donors (Lipinski definition) is 1. The molecule has 0 aliphatic carbocycles. The normalized spacial score (nSPS) is 10.6. The van der Waals surface area contributed by atoms with E-state index in [1.165, 1.54) is 11.0 Å². The van der Waals surface area contributed by atoms with Crippen molar-refractivity contribution in [3.63, 3.8) is 0 Å². The van der Waals surface area contributed by atoms with Crippen molar-refractivity contribution in [2.45, 2.75) is 6.92 Å². The first-order chi connectivity index (χ1) is 13.6. The van der Waals surface area contributed by atoms with Crippen molar-refractivity contribution < 1.29 is 9.53 Å². The Labute approximate surface area is 159 Å². The van der Waals surface area contributed by atoms with Gasteiger partial charge in [0, 0.05) is 5.69 Å². The summed E-state index contributed by atoms with van der Waals surface area (Å²) in [4.78, 5) is 12.5. The number of methoxy groups -OCH3 is 1. The van der Waals surface area contributed by atoms with Crippen molar-refractivity contribution in [1.82, 2.24) is 35.2 Å². The number of aromatic nitrogens is 7. The summed E-state index contributed by atoms with van der Waals surface area (Å²) in [5, 5.41) is 21.9. The number of aryl methyl sites for hydroxylation is 1. The monoisotopic (exact) mass is 376 g/mol. The SMILES string of the molecule is COc1ccc(-n2cc(C(=O)Nc3ccc(-n4cnnn4)c(C)c3)nn2)cc1. The molecular weight excluding hydrogens is 360 g/mol. The molecule has 0 fully saturated rings. The molecule has 4 aromatic rings. The van der Waals surface area contributed by atoms with Crippen LogP contribution in [0.5, 0.6) is 5.75 Å². The Morgan fingerprint density at radius 3 is 2.57 bits per heavy atom. The van der Waals surface area contributed by atoms with Crippen LogP contribution in [0, 0.1) is 6.92 Å². The van der Waals surface area contributed by atoms with Crippen molar-refractivity contribution in [2.24, 2.45) is 0 Å². The molecule has 0 bridgehead atoms. The van der Waals surface area contributed by atoms with Gasteiger partial charge in [-0.15, -0.1) is 10.2 Å². The van der Waals surface area contributed by atoms with E-state index >= 15 is 0 Å². The van der Waals surface area contributed by atoms with Crippen LogP contribution in [-0.2, 0) is 0 Å². The summed E-state index contributed by atoms with van der Waals surface area (Å²) in [7, 11) is 1.60. The molecule has 0 aliphatic heterocycles. The van der Waals surface area contributed by atoms with Gasteiger partial charge in [-0.2, -0.15) is 0 Å². The number of nitrogens with one attached hydrogen (secondary N) is 1. The Kier molecular flexibility index (Phi) is 4.50. The molecule has 0 unspecified atom stereocenters. The summed E-state index contributed by atoms with van der Waals surface area (Å²) in [6.07, 6.45) is 3.08. The molecular formula is C18H16N8O2. The Bertz CT molecular complexity index is 1100. The second-order valence-electron chi connectivity index (χ2n) is 5.96. The van der Waals surface area contributed by atoms with Crippen molar-refractivity contribution in [3.8, 4) is 17.1 Å². The van der Waals surface area contributed by atoms with E-state index < -0.39 is 0 Å². The molecule has 2 heterocycles. The van der Waals surface area contributed by atoms with Gasteiger partial charge < -0.3 is 10.1 Å². The number of rotatable bonds is 5. The Morgan fingerprint density at radius 2 is 1.89 bits per heavy atom. The highest BCUT2D eigenvalue weighted by Crippen LogP contribution is 2.19. The Hall–Kier alpha value is -4.08. The van der Waals surface area contributed by atoms with Gasteiger partial charge in [0.2, 0.25) is 0 Å². The van der Waals surface area contributed by atoms with E-state index in [0.717, 1.165) is 22.7 Å². The molecule has 0 saturated heterocycles. The summed E-state index contributed by atoms with van der Waals surface area (Å²) in [6, 6.07) is 12.7. The molecule has 2 aromatic heterocycles. The van der Waals surface area contributed by atoms with Crippen LogP contribution in [0.3, 0.4) is 0 Å². The first-order valence-corrected chi connectivity index (χ1v) is 8.36. The summed E-state index contributed by atoms with van der Waals surface area (Å²) in [6.45, 7) is 1.91. The molecule has 4 rings (SSSR count). The number of benzene rings is 2. The van der Waals surface area contributed by atoms with E-state index in [1.807, 2.05) is 43.3 Å². The third-order valence-corrected chi connectivity index (χ3v) is 4.11. The standard InChI is InChI=1S/C18H16N8O2/c1-12-9-13(3-8-17(12)26-11-19-22-24-26)20-18(27)16-10-25(23-21-16)14-4-6-15(28-2)7-5-14/h3-11H,1-2H3,(H,20,27). The van der Waals surface area contributed by atoms with Crippen LogP contribution in [0.25, 0.3) is 11.4 Å². The summed E-state index contributed by atoms with van der Waals surface area (Å²) >= 11 is 0. The first-order valence-electron chi connectivity index (χ1n) is 8.36. The Morgan fingerprint density at radius 1 is 1.07 bits per heavy atom. The van der Waals surface area contributed by atoms with Crippen LogP contribution in [0.4, 0.5) is 5.69 Å². The highest BCUT2D eigenvalue weighted by Gasteiger charge is 2.13. The van der Waals surface area contributed by atoms with E-state index in [2.05, 4.69) is 31.2 Å². The maximum Gasteiger partial charge on any atom is 0.277 e. The molecule has 1 N–H and O–H groups in total. The van der Waals surface area contributed by atoms with Gasteiger partial charge in [0.1, 0.15) is 12.1 Å². The maximum atomic E-state index is 12.5. The zero-order valence-corrected chi connectivity index (χ0v) is 15.1.